The first-order valence-electron chi connectivity index (χ1n) is 8.21. The number of carbonyl (C=O) groups is 1. The van der Waals surface area contributed by atoms with Gasteiger partial charge in [-0.25, -0.2) is 4.98 Å². The molecule has 1 aliphatic rings. The zero-order valence-electron chi connectivity index (χ0n) is 14.1. The van der Waals surface area contributed by atoms with Crippen LogP contribution in [0.4, 0.5) is 0 Å². The molecule has 0 spiro atoms. The summed E-state index contributed by atoms with van der Waals surface area (Å²) in [7, 11) is 0. The third-order valence-electron chi connectivity index (χ3n) is 4.44. The molecule has 1 aliphatic heterocycles. The lowest BCUT2D eigenvalue weighted by atomic mass is 9.96. The van der Waals surface area contributed by atoms with Crippen LogP contribution in [0, 0.1) is 13.8 Å². The van der Waals surface area contributed by atoms with E-state index in [2.05, 4.69) is 15.2 Å². The summed E-state index contributed by atoms with van der Waals surface area (Å²) >= 11 is 1.46. The molecule has 1 amide bonds. The first-order chi connectivity index (χ1) is 12.1. The molecule has 0 atom stereocenters. The van der Waals surface area contributed by atoms with Gasteiger partial charge in [0, 0.05) is 19.0 Å². The van der Waals surface area contributed by atoms with Crippen molar-refractivity contribution >= 4 is 17.2 Å². The molecule has 1 fully saturated rings. The normalized spacial score (nSPS) is 15.7. The molecule has 8 heteroatoms. The Morgan fingerprint density at radius 3 is 2.72 bits per heavy atom. The topological polar surface area (TPSA) is 85.3 Å². The minimum absolute atomic E-state index is 0.0752. The number of furan rings is 1. The molecule has 3 aromatic rings. The van der Waals surface area contributed by atoms with Crippen molar-refractivity contribution in [1.29, 1.82) is 0 Å². The van der Waals surface area contributed by atoms with Gasteiger partial charge in [-0.15, -0.1) is 21.5 Å². The molecule has 3 aromatic heterocycles. The highest BCUT2D eigenvalue weighted by molar-refractivity contribution is 7.13. The molecular weight excluding hydrogens is 340 g/mol. The fourth-order valence-electron chi connectivity index (χ4n) is 3.11. The zero-order valence-corrected chi connectivity index (χ0v) is 14.9. The lowest BCUT2D eigenvalue weighted by Crippen LogP contribution is -2.37. The van der Waals surface area contributed by atoms with Gasteiger partial charge in [-0.1, -0.05) is 0 Å². The van der Waals surface area contributed by atoms with E-state index in [1.807, 2.05) is 18.7 Å². The van der Waals surface area contributed by atoms with Gasteiger partial charge in [-0.2, -0.15) is 0 Å². The first-order valence-corrected chi connectivity index (χ1v) is 9.02. The maximum Gasteiger partial charge on any atom is 0.265 e. The van der Waals surface area contributed by atoms with Crippen molar-refractivity contribution in [3.8, 4) is 11.5 Å². The summed E-state index contributed by atoms with van der Waals surface area (Å²) in [6.45, 7) is 5.18. The van der Waals surface area contributed by atoms with E-state index in [1.165, 1.54) is 11.3 Å². The van der Waals surface area contributed by atoms with Gasteiger partial charge in [0.15, 0.2) is 0 Å². The van der Waals surface area contributed by atoms with E-state index in [4.69, 9.17) is 8.83 Å². The predicted molar refractivity (Wildman–Crippen MR) is 91.5 cm³/mol. The Bertz CT molecular complexity index is 876. The number of thiazole rings is 1. The monoisotopic (exact) mass is 358 g/mol. The van der Waals surface area contributed by atoms with Crippen LogP contribution in [0.1, 0.15) is 45.0 Å². The Balaban J connectivity index is 1.41. The van der Waals surface area contributed by atoms with E-state index in [9.17, 15) is 4.79 Å². The van der Waals surface area contributed by atoms with Crippen LogP contribution in [0.15, 0.2) is 27.4 Å². The number of hydrogen-bond donors (Lipinski definition) is 0. The van der Waals surface area contributed by atoms with Gasteiger partial charge in [0.2, 0.25) is 5.89 Å². The van der Waals surface area contributed by atoms with E-state index >= 15 is 0 Å². The van der Waals surface area contributed by atoms with Crippen molar-refractivity contribution in [3.63, 3.8) is 0 Å². The van der Waals surface area contributed by atoms with Gasteiger partial charge in [0.05, 0.1) is 22.5 Å². The zero-order chi connectivity index (χ0) is 17.4. The van der Waals surface area contributed by atoms with E-state index in [-0.39, 0.29) is 11.8 Å². The van der Waals surface area contributed by atoms with E-state index in [1.54, 1.807) is 18.6 Å². The van der Waals surface area contributed by atoms with Crippen molar-refractivity contribution in [3.05, 3.63) is 40.1 Å². The molecule has 1 saturated heterocycles. The van der Waals surface area contributed by atoms with Crippen LogP contribution in [0.3, 0.4) is 0 Å². The standard InChI is InChI=1S/C17H18N4O3S/c1-10-14(25-11(2)18-10)17(22)21-6-3-12(4-7-21)15-19-20-16(24-15)13-5-8-23-9-13/h5,8-9,12H,3-4,6-7H2,1-2H3. The molecule has 0 aliphatic carbocycles. The largest absolute Gasteiger partial charge is 0.472 e. The lowest BCUT2D eigenvalue weighted by molar-refractivity contribution is 0.0710. The maximum atomic E-state index is 12.7. The number of likely N-dealkylation sites (tertiary alicyclic amines) is 1. The van der Waals surface area contributed by atoms with Crippen LogP contribution in [-0.2, 0) is 0 Å². The molecule has 0 N–H and O–H groups in total. The van der Waals surface area contributed by atoms with Gasteiger partial charge in [-0.05, 0) is 32.8 Å². The second-order valence-corrected chi connectivity index (χ2v) is 7.37. The van der Waals surface area contributed by atoms with Crippen molar-refractivity contribution < 1.29 is 13.6 Å². The second kappa shape index (κ2) is 6.44. The summed E-state index contributed by atoms with van der Waals surface area (Å²) in [5.41, 5.74) is 1.60. The van der Waals surface area contributed by atoms with Gasteiger partial charge in [0.1, 0.15) is 11.1 Å². The molecule has 0 unspecified atom stereocenters. The fraction of sp³-hybridized carbons (Fsp3) is 0.412. The van der Waals surface area contributed by atoms with Crippen molar-refractivity contribution in [2.45, 2.75) is 32.6 Å². The average molecular weight is 358 g/mol. The molecular formula is C17H18N4O3S. The average Bonchev–Trinajstić information content (AvgIpc) is 3.34. The Morgan fingerprint density at radius 2 is 2.08 bits per heavy atom. The van der Waals surface area contributed by atoms with Crippen LogP contribution in [-0.4, -0.2) is 39.1 Å². The number of hydrogen-bond acceptors (Lipinski definition) is 7. The fourth-order valence-corrected chi connectivity index (χ4v) is 3.99. The molecule has 0 bridgehead atoms. The van der Waals surface area contributed by atoms with Crippen LogP contribution in [0.2, 0.25) is 0 Å². The number of aryl methyl sites for hydroxylation is 2. The van der Waals surface area contributed by atoms with Crippen LogP contribution in [0.25, 0.3) is 11.5 Å². The highest BCUT2D eigenvalue weighted by atomic mass is 32.1. The summed E-state index contributed by atoms with van der Waals surface area (Å²) in [5.74, 6) is 1.36. The summed E-state index contributed by atoms with van der Waals surface area (Å²) < 4.78 is 10.8. The Morgan fingerprint density at radius 1 is 1.28 bits per heavy atom. The number of aromatic nitrogens is 3. The molecule has 0 saturated carbocycles. The Kier molecular flexibility index (Phi) is 4.12. The third-order valence-corrected chi connectivity index (χ3v) is 5.50. The van der Waals surface area contributed by atoms with E-state index < -0.39 is 0 Å². The SMILES string of the molecule is Cc1nc(C)c(C(=O)N2CCC(c3nnc(-c4ccoc4)o3)CC2)s1. The first kappa shape index (κ1) is 16.0. The molecule has 25 heavy (non-hydrogen) atoms. The highest BCUT2D eigenvalue weighted by Gasteiger charge is 2.29. The maximum absolute atomic E-state index is 12.7. The van der Waals surface area contributed by atoms with Crippen molar-refractivity contribution in [2.75, 3.05) is 13.1 Å². The van der Waals surface area contributed by atoms with Crippen molar-refractivity contribution in [1.82, 2.24) is 20.1 Å². The highest BCUT2D eigenvalue weighted by Crippen LogP contribution is 2.30. The molecule has 0 aromatic carbocycles. The van der Waals surface area contributed by atoms with Gasteiger partial charge in [-0.3, -0.25) is 4.79 Å². The minimum atomic E-state index is 0.0752. The minimum Gasteiger partial charge on any atom is -0.472 e. The summed E-state index contributed by atoms with van der Waals surface area (Å²) in [5, 5.41) is 9.18. The molecule has 7 nitrogen and oxygen atoms in total. The summed E-state index contributed by atoms with van der Waals surface area (Å²) in [6.07, 6.45) is 4.79. The number of nitrogens with zero attached hydrogens (tertiary/aromatic N) is 4. The molecule has 4 heterocycles. The Hall–Kier alpha value is -2.48. The van der Waals surface area contributed by atoms with Gasteiger partial charge in [0.25, 0.3) is 11.8 Å². The number of piperidine rings is 1. The predicted octanol–water partition coefficient (Wildman–Crippen LogP) is 3.42. The number of rotatable bonds is 3. The third kappa shape index (κ3) is 3.09. The van der Waals surface area contributed by atoms with Gasteiger partial charge < -0.3 is 13.7 Å². The molecule has 0 radical (unpaired) electrons. The Labute approximate surface area is 148 Å². The molecule has 4 rings (SSSR count). The number of amides is 1. The van der Waals surface area contributed by atoms with Crippen molar-refractivity contribution in [2.24, 2.45) is 0 Å². The number of carbonyl (C=O) groups excluding carboxylic acids is 1. The van der Waals surface area contributed by atoms with Crippen LogP contribution < -0.4 is 0 Å². The smallest absolute Gasteiger partial charge is 0.265 e. The summed E-state index contributed by atoms with van der Waals surface area (Å²) in [4.78, 5) is 19.7. The lowest BCUT2D eigenvalue weighted by Gasteiger charge is -2.30. The molecule has 130 valence electrons. The summed E-state index contributed by atoms with van der Waals surface area (Å²) in [6, 6.07) is 1.79. The van der Waals surface area contributed by atoms with Crippen LogP contribution in [0.5, 0.6) is 0 Å². The quantitative estimate of drug-likeness (QED) is 0.713. The van der Waals surface area contributed by atoms with E-state index in [0.717, 1.165) is 34.0 Å². The van der Waals surface area contributed by atoms with Crippen LogP contribution >= 0.6 is 11.3 Å². The second-order valence-electron chi connectivity index (χ2n) is 6.17. The van der Waals surface area contributed by atoms with Gasteiger partial charge >= 0.3 is 0 Å². The van der Waals surface area contributed by atoms with E-state index in [0.29, 0.717) is 24.9 Å².